The van der Waals surface area contributed by atoms with Crippen LogP contribution in [0.15, 0.2) is 18.2 Å². The maximum Gasteiger partial charge on any atom is 0.0342 e. The van der Waals surface area contributed by atoms with Crippen molar-refractivity contribution in [2.24, 2.45) is 5.73 Å². The van der Waals surface area contributed by atoms with Crippen LogP contribution in [-0.4, -0.2) is 12.6 Å². The minimum Gasteiger partial charge on any atom is -0.385 e. The van der Waals surface area contributed by atoms with Crippen LogP contribution >= 0.6 is 0 Å². The number of benzene rings is 1. The topological polar surface area (TPSA) is 38.0 Å². The Morgan fingerprint density at radius 3 is 2.60 bits per heavy atom. The highest BCUT2D eigenvalue weighted by molar-refractivity contribution is 5.47. The number of nitrogens with two attached hydrogens (primary N) is 1. The Balaban J connectivity index is 2.35. The molecule has 1 unspecified atom stereocenters. The van der Waals surface area contributed by atoms with Crippen molar-refractivity contribution in [1.29, 1.82) is 0 Å². The van der Waals surface area contributed by atoms with Gasteiger partial charge in [-0.25, -0.2) is 0 Å². The summed E-state index contributed by atoms with van der Waals surface area (Å²) in [7, 11) is 0. The second-order valence-electron chi connectivity index (χ2n) is 4.35. The molecule has 15 heavy (non-hydrogen) atoms. The van der Waals surface area contributed by atoms with Gasteiger partial charge in [-0.3, -0.25) is 0 Å². The van der Waals surface area contributed by atoms with E-state index in [1.807, 2.05) is 0 Å². The van der Waals surface area contributed by atoms with Crippen LogP contribution in [0.25, 0.3) is 0 Å². The van der Waals surface area contributed by atoms with Crippen LogP contribution in [0.3, 0.4) is 0 Å². The molecule has 0 aliphatic heterocycles. The van der Waals surface area contributed by atoms with Crippen LogP contribution in [0.4, 0.5) is 5.69 Å². The first-order valence-corrected chi connectivity index (χ1v) is 5.66. The van der Waals surface area contributed by atoms with E-state index in [-0.39, 0.29) is 0 Å². The molecule has 1 atom stereocenters. The zero-order valence-corrected chi connectivity index (χ0v) is 10.0. The molecule has 0 saturated heterocycles. The second-order valence-corrected chi connectivity index (χ2v) is 4.35. The smallest absolute Gasteiger partial charge is 0.0342 e. The molecule has 0 bridgehead atoms. The summed E-state index contributed by atoms with van der Waals surface area (Å²) in [6.07, 6.45) is 2.21. The first-order chi connectivity index (χ1) is 7.09. The van der Waals surface area contributed by atoms with Crippen LogP contribution in [0.2, 0.25) is 0 Å². The fraction of sp³-hybridized carbons (Fsp3) is 0.538. The molecule has 3 N–H and O–H groups in total. The molecule has 0 spiro atoms. The highest BCUT2D eigenvalue weighted by atomic mass is 14.9. The highest BCUT2D eigenvalue weighted by Gasteiger charge is 1.96. The molecule has 2 nitrogen and oxygen atoms in total. The van der Waals surface area contributed by atoms with Gasteiger partial charge in [-0.05, 0) is 56.9 Å². The van der Waals surface area contributed by atoms with Gasteiger partial charge in [-0.2, -0.15) is 0 Å². The molecule has 1 rings (SSSR count). The molecule has 0 aliphatic rings. The summed E-state index contributed by atoms with van der Waals surface area (Å²) in [5.74, 6) is 0. The maximum atomic E-state index is 5.69. The van der Waals surface area contributed by atoms with Gasteiger partial charge in [-0.15, -0.1) is 0 Å². The van der Waals surface area contributed by atoms with E-state index in [2.05, 4.69) is 44.3 Å². The number of rotatable bonds is 5. The standard InChI is InChI=1S/C13H22N2/c1-10-6-7-13(9-11(10)2)15-8-4-5-12(3)14/h6-7,9,12,15H,4-5,8,14H2,1-3H3. The van der Waals surface area contributed by atoms with E-state index in [4.69, 9.17) is 5.73 Å². The van der Waals surface area contributed by atoms with Gasteiger partial charge in [0.15, 0.2) is 0 Å². The van der Waals surface area contributed by atoms with Crippen molar-refractivity contribution in [3.05, 3.63) is 29.3 Å². The summed E-state index contributed by atoms with van der Waals surface area (Å²) in [6.45, 7) is 7.33. The fourth-order valence-electron chi connectivity index (χ4n) is 1.51. The Morgan fingerprint density at radius 2 is 2.00 bits per heavy atom. The average Bonchev–Trinajstić information content (AvgIpc) is 2.18. The summed E-state index contributed by atoms with van der Waals surface area (Å²) in [4.78, 5) is 0. The lowest BCUT2D eigenvalue weighted by atomic mass is 10.1. The van der Waals surface area contributed by atoms with Gasteiger partial charge in [0, 0.05) is 18.3 Å². The Bertz CT molecular complexity index is 305. The molecule has 0 amide bonds. The molecule has 0 heterocycles. The summed E-state index contributed by atoms with van der Waals surface area (Å²) < 4.78 is 0. The predicted molar refractivity (Wildman–Crippen MR) is 67.3 cm³/mol. The molecule has 1 aromatic carbocycles. The molecule has 84 valence electrons. The number of aryl methyl sites for hydroxylation is 2. The van der Waals surface area contributed by atoms with Crippen molar-refractivity contribution >= 4 is 5.69 Å². The van der Waals surface area contributed by atoms with Crippen molar-refractivity contribution < 1.29 is 0 Å². The monoisotopic (exact) mass is 206 g/mol. The normalized spacial score (nSPS) is 12.5. The summed E-state index contributed by atoms with van der Waals surface area (Å²) in [5, 5.41) is 3.41. The fourth-order valence-corrected chi connectivity index (χ4v) is 1.51. The van der Waals surface area contributed by atoms with Crippen LogP contribution in [0, 0.1) is 13.8 Å². The van der Waals surface area contributed by atoms with Crippen LogP contribution in [0.5, 0.6) is 0 Å². The first-order valence-electron chi connectivity index (χ1n) is 5.66. The molecule has 2 heteroatoms. The van der Waals surface area contributed by atoms with Gasteiger partial charge in [0.1, 0.15) is 0 Å². The Hall–Kier alpha value is -1.02. The molecule has 0 saturated carbocycles. The molecular formula is C13H22N2. The van der Waals surface area contributed by atoms with Crippen molar-refractivity contribution in [1.82, 2.24) is 0 Å². The zero-order chi connectivity index (χ0) is 11.3. The van der Waals surface area contributed by atoms with E-state index < -0.39 is 0 Å². The third kappa shape index (κ3) is 4.34. The third-order valence-corrected chi connectivity index (χ3v) is 2.67. The Labute approximate surface area is 92.9 Å². The molecule has 0 fully saturated rings. The summed E-state index contributed by atoms with van der Waals surface area (Å²) in [5.41, 5.74) is 9.58. The molecule has 0 aliphatic carbocycles. The van der Waals surface area contributed by atoms with Gasteiger partial charge in [-0.1, -0.05) is 6.07 Å². The zero-order valence-electron chi connectivity index (χ0n) is 10.0. The van der Waals surface area contributed by atoms with Crippen molar-refractivity contribution in [2.45, 2.75) is 39.7 Å². The number of anilines is 1. The van der Waals surface area contributed by atoms with Gasteiger partial charge >= 0.3 is 0 Å². The first kappa shape index (κ1) is 12.1. The second kappa shape index (κ2) is 5.76. The van der Waals surface area contributed by atoms with Gasteiger partial charge in [0.05, 0.1) is 0 Å². The van der Waals surface area contributed by atoms with E-state index in [0.29, 0.717) is 6.04 Å². The van der Waals surface area contributed by atoms with E-state index >= 15 is 0 Å². The van der Waals surface area contributed by atoms with Crippen molar-refractivity contribution in [2.75, 3.05) is 11.9 Å². The molecule has 0 radical (unpaired) electrons. The Kier molecular flexibility index (Phi) is 4.63. The maximum absolute atomic E-state index is 5.69. The van der Waals surface area contributed by atoms with Gasteiger partial charge < -0.3 is 11.1 Å². The number of nitrogens with one attached hydrogen (secondary N) is 1. The summed E-state index contributed by atoms with van der Waals surface area (Å²) >= 11 is 0. The minimum atomic E-state index is 0.312. The Morgan fingerprint density at radius 1 is 1.27 bits per heavy atom. The van der Waals surface area contributed by atoms with E-state index in [9.17, 15) is 0 Å². The minimum absolute atomic E-state index is 0.312. The molecule has 0 aromatic heterocycles. The largest absolute Gasteiger partial charge is 0.385 e. The predicted octanol–water partition coefficient (Wildman–Crippen LogP) is 2.84. The number of hydrogen-bond acceptors (Lipinski definition) is 2. The van der Waals surface area contributed by atoms with Crippen LogP contribution in [-0.2, 0) is 0 Å². The van der Waals surface area contributed by atoms with E-state index in [1.54, 1.807) is 0 Å². The molecular weight excluding hydrogens is 184 g/mol. The van der Waals surface area contributed by atoms with Crippen molar-refractivity contribution in [3.8, 4) is 0 Å². The number of hydrogen-bond donors (Lipinski definition) is 2. The lowest BCUT2D eigenvalue weighted by Crippen LogP contribution is -2.16. The van der Waals surface area contributed by atoms with E-state index in [0.717, 1.165) is 19.4 Å². The third-order valence-electron chi connectivity index (χ3n) is 2.67. The molecule has 1 aromatic rings. The summed E-state index contributed by atoms with van der Waals surface area (Å²) in [6, 6.07) is 6.80. The van der Waals surface area contributed by atoms with E-state index in [1.165, 1.54) is 16.8 Å². The lowest BCUT2D eigenvalue weighted by molar-refractivity contribution is 0.639. The van der Waals surface area contributed by atoms with Crippen LogP contribution < -0.4 is 11.1 Å². The average molecular weight is 206 g/mol. The van der Waals surface area contributed by atoms with Gasteiger partial charge in [0.25, 0.3) is 0 Å². The highest BCUT2D eigenvalue weighted by Crippen LogP contribution is 2.14. The van der Waals surface area contributed by atoms with Crippen LogP contribution in [0.1, 0.15) is 30.9 Å². The SMILES string of the molecule is Cc1ccc(NCCCC(C)N)cc1C. The van der Waals surface area contributed by atoms with Crippen molar-refractivity contribution in [3.63, 3.8) is 0 Å². The van der Waals surface area contributed by atoms with Gasteiger partial charge in [0.2, 0.25) is 0 Å². The quantitative estimate of drug-likeness (QED) is 0.727. The lowest BCUT2D eigenvalue weighted by Gasteiger charge is -2.09.